The quantitative estimate of drug-likeness (QED) is 0.229. The van der Waals surface area contributed by atoms with Crippen LogP contribution < -0.4 is 5.32 Å². The lowest BCUT2D eigenvalue weighted by molar-refractivity contribution is 0.0344. The fourth-order valence-corrected chi connectivity index (χ4v) is 6.34. The summed E-state index contributed by atoms with van der Waals surface area (Å²) in [7, 11) is 14.4. The van der Waals surface area contributed by atoms with Gasteiger partial charge in [-0.2, -0.15) is 0 Å². The van der Waals surface area contributed by atoms with E-state index >= 15 is 0 Å². The molecule has 2 atom stereocenters. The molecule has 242 valence electrons. The number of nitrogens with one attached hydrogen (secondary N) is 1. The lowest BCUT2D eigenvalue weighted by Gasteiger charge is -2.47. The van der Waals surface area contributed by atoms with Crippen molar-refractivity contribution >= 4 is 12.2 Å². The van der Waals surface area contributed by atoms with Gasteiger partial charge in [0, 0.05) is 32.7 Å². The molecule has 10 heteroatoms. The second-order valence-corrected chi connectivity index (χ2v) is 14.1. The first-order valence-corrected chi connectivity index (χ1v) is 15.6. The molecule has 0 spiro atoms. The van der Waals surface area contributed by atoms with E-state index < -0.39 is 0 Å². The normalized spacial score (nSPS) is 20.6. The summed E-state index contributed by atoms with van der Waals surface area (Å²) in [5, 5.41) is 3.12. The maximum Gasteiger partial charge on any atom is 0.409 e. The van der Waals surface area contributed by atoms with Gasteiger partial charge in [0.25, 0.3) is 0 Å². The number of ether oxygens (including phenoxy) is 2. The lowest BCUT2D eigenvalue weighted by atomic mass is 9.62. The first-order valence-electron chi connectivity index (χ1n) is 15.6. The highest BCUT2D eigenvalue weighted by atomic mass is 16.6. The third-order valence-electron chi connectivity index (χ3n) is 7.81. The standard InChI is InChI=1S/C31H64N6O4/c1-30(2)23-27(32-28(38)40-21-13-19-35(8)17-11-15-33(4)5)24-31(3,25-30)26-37(10)29(39)41-22-14-20-36(9)18-12-16-34(6)7/h27H,11-26H2,1-10H3,(H,32,38). The van der Waals surface area contributed by atoms with Gasteiger partial charge in [-0.3, -0.25) is 0 Å². The molecule has 41 heavy (non-hydrogen) atoms. The molecule has 2 unspecified atom stereocenters. The summed E-state index contributed by atoms with van der Waals surface area (Å²) in [6.45, 7) is 14.2. The van der Waals surface area contributed by atoms with E-state index in [1.165, 1.54) is 0 Å². The van der Waals surface area contributed by atoms with Crippen LogP contribution in [0.3, 0.4) is 0 Å². The Bertz CT molecular complexity index is 750. The van der Waals surface area contributed by atoms with Crippen molar-refractivity contribution in [2.45, 2.75) is 71.8 Å². The van der Waals surface area contributed by atoms with Crippen LogP contribution in [-0.2, 0) is 9.47 Å². The number of nitrogens with zero attached hydrogens (tertiary/aromatic N) is 5. The molecule has 0 aromatic heterocycles. The van der Waals surface area contributed by atoms with Gasteiger partial charge in [-0.1, -0.05) is 20.8 Å². The van der Waals surface area contributed by atoms with E-state index in [4.69, 9.17) is 9.47 Å². The number of hydrogen-bond donors (Lipinski definition) is 1. The van der Waals surface area contributed by atoms with Crippen LogP contribution in [0.15, 0.2) is 0 Å². The SMILES string of the molecule is CN(C)CCCN(C)CCCOC(=O)NC1CC(C)(C)CC(C)(CN(C)C(=O)OCCCN(C)CCCN(C)C)C1. The molecule has 0 heterocycles. The molecular weight excluding hydrogens is 520 g/mol. The fraction of sp³-hybridized carbons (Fsp3) is 0.935. The topological polar surface area (TPSA) is 80.8 Å². The molecule has 1 aliphatic rings. The Kier molecular flexibility index (Phi) is 17.2. The molecule has 0 aromatic carbocycles. The van der Waals surface area contributed by atoms with Crippen molar-refractivity contribution in [2.24, 2.45) is 10.8 Å². The Balaban J connectivity index is 2.41. The monoisotopic (exact) mass is 584 g/mol. The summed E-state index contributed by atoms with van der Waals surface area (Å²) < 4.78 is 11.1. The number of amides is 2. The van der Waals surface area contributed by atoms with E-state index in [1.807, 2.05) is 7.05 Å². The fourth-order valence-electron chi connectivity index (χ4n) is 6.34. The summed E-state index contributed by atoms with van der Waals surface area (Å²) in [6.07, 6.45) is 5.95. The number of carbonyl (C=O) groups excluding carboxylic acids is 2. The molecule has 0 aromatic rings. The van der Waals surface area contributed by atoms with E-state index in [0.717, 1.165) is 84.2 Å². The van der Waals surface area contributed by atoms with Crippen LogP contribution >= 0.6 is 0 Å². The van der Waals surface area contributed by atoms with Crippen molar-refractivity contribution in [1.29, 1.82) is 0 Å². The minimum absolute atomic E-state index is 0.0115. The highest BCUT2D eigenvalue weighted by Crippen LogP contribution is 2.46. The summed E-state index contributed by atoms with van der Waals surface area (Å²) >= 11 is 0. The summed E-state index contributed by atoms with van der Waals surface area (Å²) in [4.78, 5) is 36.0. The van der Waals surface area contributed by atoms with Gasteiger partial charge in [0.05, 0.1) is 13.2 Å². The van der Waals surface area contributed by atoms with E-state index in [-0.39, 0.29) is 29.1 Å². The molecule has 1 rings (SSSR count). The van der Waals surface area contributed by atoms with Crippen LogP contribution in [0.25, 0.3) is 0 Å². The van der Waals surface area contributed by atoms with Crippen LogP contribution in [0.5, 0.6) is 0 Å². The van der Waals surface area contributed by atoms with E-state index in [1.54, 1.807) is 4.90 Å². The van der Waals surface area contributed by atoms with Crippen LogP contribution in [0, 0.1) is 10.8 Å². The van der Waals surface area contributed by atoms with Gasteiger partial charge in [-0.05, 0) is 124 Å². The van der Waals surface area contributed by atoms with Crippen LogP contribution in [-0.4, -0.2) is 151 Å². The summed E-state index contributed by atoms with van der Waals surface area (Å²) in [5.41, 5.74) is -0.0858. The molecule has 1 N–H and O–H groups in total. The molecule has 1 saturated carbocycles. The van der Waals surface area contributed by atoms with E-state index in [0.29, 0.717) is 19.8 Å². The highest BCUT2D eigenvalue weighted by molar-refractivity contribution is 5.68. The molecule has 0 radical (unpaired) electrons. The average molecular weight is 585 g/mol. The number of carbonyl (C=O) groups is 2. The van der Waals surface area contributed by atoms with Crippen molar-refractivity contribution in [1.82, 2.24) is 29.8 Å². The Morgan fingerprint density at radius 1 is 0.707 bits per heavy atom. The van der Waals surface area contributed by atoms with Crippen molar-refractivity contribution in [3.05, 3.63) is 0 Å². The van der Waals surface area contributed by atoms with Gasteiger partial charge in [-0.25, -0.2) is 9.59 Å². The van der Waals surface area contributed by atoms with Crippen LogP contribution in [0.1, 0.15) is 65.7 Å². The Labute approximate surface area is 252 Å². The highest BCUT2D eigenvalue weighted by Gasteiger charge is 2.43. The number of rotatable bonds is 19. The van der Waals surface area contributed by atoms with Gasteiger partial charge in [0.15, 0.2) is 0 Å². The van der Waals surface area contributed by atoms with Gasteiger partial charge in [-0.15, -0.1) is 0 Å². The molecule has 10 nitrogen and oxygen atoms in total. The second kappa shape index (κ2) is 18.8. The third kappa shape index (κ3) is 17.8. The van der Waals surface area contributed by atoms with E-state index in [9.17, 15) is 9.59 Å². The lowest BCUT2D eigenvalue weighted by Crippen LogP contribution is -2.50. The van der Waals surface area contributed by atoms with Gasteiger partial charge in [0.2, 0.25) is 0 Å². The maximum absolute atomic E-state index is 12.7. The largest absolute Gasteiger partial charge is 0.450 e. The van der Waals surface area contributed by atoms with Gasteiger partial charge in [0.1, 0.15) is 0 Å². The zero-order valence-corrected chi connectivity index (χ0v) is 28.3. The predicted octanol–water partition coefficient (Wildman–Crippen LogP) is 3.91. The zero-order valence-electron chi connectivity index (χ0n) is 28.3. The molecule has 0 bridgehead atoms. The molecule has 2 amide bonds. The van der Waals surface area contributed by atoms with Crippen molar-refractivity contribution in [3.8, 4) is 0 Å². The Morgan fingerprint density at radius 2 is 1.20 bits per heavy atom. The third-order valence-corrected chi connectivity index (χ3v) is 7.81. The second-order valence-electron chi connectivity index (χ2n) is 14.1. The average Bonchev–Trinajstić information content (AvgIpc) is 2.82. The zero-order chi connectivity index (χ0) is 31.1. The van der Waals surface area contributed by atoms with Crippen molar-refractivity contribution in [2.75, 3.05) is 108 Å². The Morgan fingerprint density at radius 3 is 1.71 bits per heavy atom. The summed E-state index contributed by atoms with van der Waals surface area (Å²) in [6, 6.07) is 0.0115. The first-order chi connectivity index (χ1) is 19.1. The molecule has 1 aliphatic carbocycles. The minimum Gasteiger partial charge on any atom is -0.450 e. The smallest absolute Gasteiger partial charge is 0.409 e. The maximum atomic E-state index is 12.7. The predicted molar refractivity (Wildman–Crippen MR) is 169 cm³/mol. The number of alkyl carbamates (subject to hydrolysis) is 1. The van der Waals surface area contributed by atoms with Crippen LogP contribution in [0.4, 0.5) is 9.59 Å². The Hall–Kier alpha value is -1.62. The van der Waals surface area contributed by atoms with Crippen molar-refractivity contribution < 1.29 is 19.1 Å². The number of hydrogen-bond acceptors (Lipinski definition) is 8. The molecular formula is C31H64N6O4. The van der Waals surface area contributed by atoms with Crippen molar-refractivity contribution in [3.63, 3.8) is 0 Å². The summed E-state index contributed by atoms with van der Waals surface area (Å²) in [5.74, 6) is 0. The molecule has 1 fully saturated rings. The molecule has 0 saturated heterocycles. The molecule has 0 aliphatic heterocycles. The van der Waals surface area contributed by atoms with E-state index in [2.05, 4.69) is 88.0 Å². The van der Waals surface area contributed by atoms with Gasteiger partial charge >= 0.3 is 12.2 Å². The van der Waals surface area contributed by atoms with Gasteiger partial charge < -0.3 is 39.3 Å². The van der Waals surface area contributed by atoms with Crippen LogP contribution in [0.2, 0.25) is 0 Å². The minimum atomic E-state index is -0.343. The first kappa shape index (κ1) is 37.4.